The van der Waals surface area contributed by atoms with Crippen LogP contribution < -0.4 is 5.32 Å². The van der Waals surface area contributed by atoms with Crippen molar-refractivity contribution in [3.8, 4) is 0 Å². The van der Waals surface area contributed by atoms with Crippen LogP contribution in [0, 0.1) is 0 Å². The van der Waals surface area contributed by atoms with Crippen LogP contribution in [0.2, 0.25) is 0 Å². The highest BCUT2D eigenvalue weighted by molar-refractivity contribution is 5.76. The van der Waals surface area contributed by atoms with Crippen LogP contribution in [0.5, 0.6) is 0 Å². The minimum atomic E-state index is -1.53. The van der Waals surface area contributed by atoms with Crippen LogP contribution in [0.15, 0.2) is 42.5 Å². The molecule has 48 heavy (non-hydrogen) atoms. The first-order chi connectivity index (χ1) is 23.3. The fraction of sp³-hybridized carbons (Fsp3) is 0.769. The first-order valence-corrected chi connectivity index (χ1v) is 19.0. The van der Waals surface area contributed by atoms with Crippen molar-refractivity contribution in [2.75, 3.05) is 6.61 Å². The maximum atomic E-state index is 12.9. The van der Waals surface area contributed by atoms with E-state index in [1.807, 2.05) is 6.07 Å². The van der Waals surface area contributed by atoms with Crippen molar-refractivity contribution in [3.63, 3.8) is 0 Å². The van der Waals surface area contributed by atoms with Gasteiger partial charge < -0.3 is 40.7 Å². The molecule has 0 aromatic heterocycles. The summed E-state index contributed by atoms with van der Waals surface area (Å²) in [5.41, 5.74) is 1.33. The van der Waals surface area contributed by atoms with E-state index < -0.39 is 55.4 Å². The molecule has 2 rings (SSSR count). The Hall–Kier alpha value is -1.85. The normalized spacial score (nSPS) is 23.3. The smallest absolute Gasteiger partial charge is 0.220 e. The predicted octanol–water partition coefficient (Wildman–Crippen LogP) is 5.27. The van der Waals surface area contributed by atoms with Gasteiger partial charge in [0.2, 0.25) is 5.91 Å². The second kappa shape index (κ2) is 26.0. The fourth-order valence-electron chi connectivity index (χ4n) is 6.42. The van der Waals surface area contributed by atoms with Gasteiger partial charge in [-0.1, -0.05) is 146 Å². The summed E-state index contributed by atoms with van der Waals surface area (Å²) in [6.07, 6.45) is 14.8. The van der Waals surface area contributed by atoms with E-state index in [2.05, 4.69) is 36.5 Å². The van der Waals surface area contributed by atoms with Crippen molar-refractivity contribution in [1.29, 1.82) is 0 Å². The number of amides is 1. The molecule has 9 nitrogen and oxygen atoms in total. The zero-order valence-electron chi connectivity index (χ0n) is 29.5. The minimum Gasteiger partial charge on any atom is -0.394 e. The van der Waals surface area contributed by atoms with Crippen molar-refractivity contribution in [3.05, 3.63) is 48.0 Å². The molecule has 9 heteroatoms. The van der Waals surface area contributed by atoms with Gasteiger partial charge in [0.25, 0.3) is 0 Å². The quantitative estimate of drug-likeness (QED) is 0.0490. The summed E-state index contributed by atoms with van der Waals surface area (Å²) in [5.74, 6) is -0.251. The molecule has 8 atom stereocenters. The Morgan fingerprint density at radius 1 is 0.771 bits per heavy atom. The zero-order chi connectivity index (χ0) is 35.0. The van der Waals surface area contributed by atoms with E-state index in [1.165, 1.54) is 75.5 Å². The van der Waals surface area contributed by atoms with E-state index in [0.717, 1.165) is 51.4 Å². The maximum absolute atomic E-state index is 12.9. The third-order valence-corrected chi connectivity index (χ3v) is 9.59. The number of carbonyl (C=O) groups is 1. The summed E-state index contributed by atoms with van der Waals surface area (Å²) in [5, 5.41) is 65.0. The van der Waals surface area contributed by atoms with Gasteiger partial charge in [-0.2, -0.15) is 0 Å². The standard InChI is InChI=1S/C39H67NO8/c1-2-3-4-5-6-7-8-9-10-11-14-20-25-32(42)36(44)31(27-28-33-37(45)39(47)38(46)34(29-41)48-33)40-35(43)26-21-15-12-13-17-22-30-23-18-16-19-24-30/h16,18-19,23-24,27-28,31-34,36-39,41-42,44-47H,2-15,17,20-22,25-26,29H2,1H3,(H,40,43)/b28-27+/t31-,32+,33+,34?,36-,37?,38-,39+/m0/s1. The number of hydrogen-bond donors (Lipinski definition) is 7. The van der Waals surface area contributed by atoms with Gasteiger partial charge in [0.15, 0.2) is 0 Å². The summed E-state index contributed by atoms with van der Waals surface area (Å²) < 4.78 is 5.56. The molecule has 1 aliphatic heterocycles. The molecule has 1 fully saturated rings. The third-order valence-electron chi connectivity index (χ3n) is 9.59. The molecule has 0 radical (unpaired) electrons. The van der Waals surface area contributed by atoms with Crippen LogP contribution in [-0.4, -0.2) is 91.9 Å². The van der Waals surface area contributed by atoms with Gasteiger partial charge in [0.1, 0.15) is 36.6 Å². The van der Waals surface area contributed by atoms with Crippen molar-refractivity contribution in [2.24, 2.45) is 0 Å². The third kappa shape index (κ3) is 17.2. The monoisotopic (exact) mass is 677 g/mol. The molecular formula is C39H67NO8. The summed E-state index contributed by atoms with van der Waals surface area (Å²) in [6.45, 7) is 1.68. The molecule has 0 bridgehead atoms. The number of nitrogens with one attached hydrogen (secondary N) is 1. The van der Waals surface area contributed by atoms with Crippen LogP contribution >= 0.6 is 0 Å². The Balaban J connectivity index is 1.80. The average Bonchev–Trinajstić information content (AvgIpc) is 3.09. The fourth-order valence-corrected chi connectivity index (χ4v) is 6.42. The van der Waals surface area contributed by atoms with Gasteiger partial charge in [0, 0.05) is 6.42 Å². The lowest BCUT2D eigenvalue weighted by atomic mass is 9.93. The van der Waals surface area contributed by atoms with E-state index in [-0.39, 0.29) is 12.3 Å². The van der Waals surface area contributed by atoms with Crippen LogP contribution in [0.3, 0.4) is 0 Å². The highest BCUT2D eigenvalue weighted by Gasteiger charge is 2.42. The van der Waals surface area contributed by atoms with E-state index >= 15 is 0 Å². The number of aliphatic hydroxyl groups excluding tert-OH is 6. The number of benzene rings is 1. The molecule has 1 amide bonds. The number of unbranched alkanes of at least 4 members (excludes halogenated alkanes) is 15. The molecule has 1 aromatic rings. The Bertz CT molecular complexity index is 961. The van der Waals surface area contributed by atoms with Crippen molar-refractivity contribution < 1.29 is 40.2 Å². The van der Waals surface area contributed by atoms with Gasteiger partial charge in [-0.05, 0) is 31.2 Å². The largest absolute Gasteiger partial charge is 0.394 e. The Morgan fingerprint density at radius 2 is 1.33 bits per heavy atom. The molecule has 276 valence electrons. The lowest BCUT2D eigenvalue weighted by Gasteiger charge is -2.39. The topological polar surface area (TPSA) is 160 Å². The zero-order valence-corrected chi connectivity index (χ0v) is 29.5. The van der Waals surface area contributed by atoms with Crippen molar-refractivity contribution in [2.45, 2.75) is 184 Å². The van der Waals surface area contributed by atoms with Crippen LogP contribution in [0.1, 0.15) is 134 Å². The van der Waals surface area contributed by atoms with Gasteiger partial charge >= 0.3 is 0 Å². The van der Waals surface area contributed by atoms with Gasteiger partial charge in [0.05, 0.1) is 18.8 Å². The lowest BCUT2D eigenvalue weighted by Crippen LogP contribution is -2.58. The van der Waals surface area contributed by atoms with E-state index in [0.29, 0.717) is 12.8 Å². The number of aliphatic hydroxyl groups is 6. The summed E-state index contributed by atoms with van der Waals surface area (Å²) in [6, 6.07) is 9.44. The number of aryl methyl sites for hydroxylation is 1. The predicted molar refractivity (Wildman–Crippen MR) is 190 cm³/mol. The minimum absolute atomic E-state index is 0.251. The molecule has 1 aromatic carbocycles. The summed E-state index contributed by atoms with van der Waals surface area (Å²) >= 11 is 0. The molecular weight excluding hydrogens is 610 g/mol. The second-order valence-corrected chi connectivity index (χ2v) is 13.8. The Morgan fingerprint density at radius 3 is 1.94 bits per heavy atom. The van der Waals surface area contributed by atoms with E-state index in [1.54, 1.807) is 0 Å². The maximum Gasteiger partial charge on any atom is 0.220 e. The Kier molecular flexibility index (Phi) is 22.9. The van der Waals surface area contributed by atoms with Crippen LogP contribution in [0.25, 0.3) is 0 Å². The van der Waals surface area contributed by atoms with Gasteiger partial charge in [-0.3, -0.25) is 4.79 Å². The van der Waals surface area contributed by atoms with Crippen molar-refractivity contribution >= 4 is 5.91 Å². The number of hydrogen-bond acceptors (Lipinski definition) is 8. The molecule has 7 N–H and O–H groups in total. The Labute approximate surface area is 289 Å². The molecule has 0 spiro atoms. The molecule has 2 unspecified atom stereocenters. The highest BCUT2D eigenvalue weighted by Crippen LogP contribution is 2.23. The summed E-state index contributed by atoms with van der Waals surface area (Å²) in [7, 11) is 0. The van der Waals surface area contributed by atoms with E-state index in [4.69, 9.17) is 4.74 Å². The number of carbonyl (C=O) groups excluding carboxylic acids is 1. The molecule has 1 aliphatic rings. The number of ether oxygens (including phenoxy) is 1. The highest BCUT2D eigenvalue weighted by atomic mass is 16.5. The van der Waals surface area contributed by atoms with Crippen molar-refractivity contribution in [1.82, 2.24) is 5.32 Å². The van der Waals surface area contributed by atoms with E-state index in [9.17, 15) is 35.4 Å². The SMILES string of the molecule is CCCCCCCCCCCCCC[C@@H](O)[C@@H](O)[C@H](/C=C/[C@H]1OC(CO)[C@H](O)[C@H](O)C1O)NC(=O)CCCCCCCc1ccccc1. The molecule has 1 heterocycles. The van der Waals surface area contributed by atoms with Gasteiger partial charge in [-0.25, -0.2) is 0 Å². The average molecular weight is 678 g/mol. The second-order valence-electron chi connectivity index (χ2n) is 13.8. The molecule has 1 saturated heterocycles. The van der Waals surface area contributed by atoms with Gasteiger partial charge in [-0.15, -0.1) is 0 Å². The number of rotatable bonds is 27. The lowest BCUT2D eigenvalue weighted by molar-refractivity contribution is -0.216. The first kappa shape index (κ1) is 42.3. The van der Waals surface area contributed by atoms with Crippen LogP contribution in [0.4, 0.5) is 0 Å². The summed E-state index contributed by atoms with van der Waals surface area (Å²) in [4.78, 5) is 12.9. The molecule has 0 aliphatic carbocycles. The molecule has 0 saturated carbocycles. The first-order valence-electron chi connectivity index (χ1n) is 19.0. The van der Waals surface area contributed by atoms with Crippen LogP contribution in [-0.2, 0) is 16.0 Å².